The maximum absolute atomic E-state index is 12.9. The number of esters is 1. The Morgan fingerprint density at radius 3 is 2.36 bits per heavy atom. The molecule has 1 fully saturated rings. The summed E-state index contributed by atoms with van der Waals surface area (Å²) >= 11 is 0. The van der Waals surface area contributed by atoms with Crippen LogP contribution in [-0.4, -0.2) is 33.3 Å². The Bertz CT molecular complexity index is 537. The molecule has 22 heavy (non-hydrogen) atoms. The largest absolute Gasteiger partial charge is 0.495 e. The fourth-order valence-corrected chi connectivity index (χ4v) is 2.64. The summed E-state index contributed by atoms with van der Waals surface area (Å²) in [7, 11) is 2.76. The van der Waals surface area contributed by atoms with E-state index in [1.54, 1.807) is 0 Å². The van der Waals surface area contributed by atoms with Crippen molar-refractivity contribution in [2.45, 2.75) is 19.0 Å². The van der Waals surface area contributed by atoms with E-state index in [9.17, 15) is 18.0 Å². The molecule has 0 radical (unpaired) electrons. The highest BCUT2D eigenvalue weighted by Crippen LogP contribution is 2.38. The van der Waals surface area contributed by atoms with E-state index < -0.39 is 11.7 Å². The molecule has 1 heterocycles. The zero-order valence-corrected chi connectivity index (χ0v) is 12.4. The zero-order valence-electron chi connectivity index (χ0n) is 12.4. The van der Waals surface area contributed by atoms with Crippen molar-refractivity contribution in [2.75, 3.05) is 32.2 Å². The van der Waals surface area contributed by atoms with Crippen LogP contribution in [0.5, 0.6) is 5.75 Å². The molecular formula is C15H18F3NO3. The van der Waals surface area contributed by atoms with Crippen LogP contribution in [0.4, 0.5) is 18.9 Å². The number of carbonyl (C=O) groups excluding carboxylic acids is 1. The molecule has 0 aliphatic carbocycles. The lowest BCUT2D eigenvalue weighted by atomic mass is 9.96. The minimum Gasteiger partial charge on any atom is -0.495 e. The number of hydrogen-bond donors (Lipinski definition) is 0. The fraction of sp³-hybridized carbons (Fsp3) is 0.533. The lowest BCUT2D eigenvalue weighted by Crippen LogP contribution is -2.37. The molecule has 0 aromatic heterocycles. The summed E-state index contributed by atoms with van der Waals surface area (Å²) in [6.07, 6.45) is -3.30. The van der Waals surface area contributed by atoms with Crippen molar-refractivity contribution in [2.24, 2.45) is 5.92 Å². The molecule has 1 aliphatic heterocycles. The summed E-state index contributed by atoms with van der Waals surface area (Å²) in [6, 6.07) is 3.42. The molecule has 0 amide bonds. The maximum atomic E-state index is 12.9. The molecule has 122 valence electrons. The van der Waals surface area contributed by atoms with E-state index in [0.29, 0.717) is 37.4 Å². The second kappa shape index (κ2) is 6.46. The van der Waals surface area contributed by atoms with Crippen LogP contribution < -0.4 is 9.64 Å². The smallest absolute Gasteiger partial charge is 0.416 e. The Hall–Kier alpha value is -1.92. The van der Waals surface area contributed by atoms with Gasteiger partial charge in [0.1, 0.15) is 5.75 Å². The first-order valence-electron chi connectivity index (χ1n) is 6.95. The van der Waals surface area contributed by atoms with Gasteiger partial charge in [-0.1, -0.05) is 0 Å². The molecule has 0 spiro atoms. The number of anilines is 1. The van der Waals surface area contributed by atoms with E-state index in [-0.39, 0.29) is 11.9 Å². The summed E-state index contributed by atoms with van der Waals surface area (Å²) in [5, 5.41) is 0. The number of halogens is 3. The Morgan fingerprint density at radius 1 is 1.23 bits per heavy atom. The van der Waals surface area contributed by atoms with Crippen LogP contribution in [0.1, 0.15) is 18.4 Å². The van der Waals surface area contributed by atoms with E-state index in [4.69, 9.17) is 9.47 Å². The van der Waals surface area contributed by atoms with Crippen LogP contribution in [0.2, 0.25) is 0 Å². The molecule has 7 heteroatoms. The van der Waals surface area contributed by atoms with E-state index in [1.807, 2.05) is 4.90 Å². The van der Waals surface area contributed by atoms with Gasteiger partial charge in [-0.25, -0.2) is 0 Å². The van der Waals surface area contributed by atoms with Crippen LogP contribution in [-0.2, 0) is 15.7 Å². The normalized spacial score (nSPS) is 16.5. The molecule has 4 nitrogen and oxygen atoms in total. The van der Waals surface area contributed by atoms with Crippen LogP contribution in [0.25, 0.3) is 0 Å². The lowest BCUT2D eigenvalue weighted by molar-refractivity contribution is -0.146. The Balaban J connectivity index is 2.20. The number of benzene rings is 1. The van der Waals surface area contributed by atoms with Gasteiger partial charge in [-0.05, 0) is 31.0 Å². The standard InChI is InChI=1S/C15H18F3NO3/c1-21-13-4-3-11(15(16,17)18)9-12(13)19-7-5-10(6-8-19)14(20)22-2/h3-4,9-10H,5-8H2,1-2H3. The molecule has 1 aromatic rings. The molecule has 0 bridgehead atoms. The van der Waals surface area contributed by atoms with Gasteiger partial charge in [-0.2, -0.15) is 13.2 Å². The molecule has 0 N–H and O–H groups in total. The van der Waals surface area contributed by atoms with Gasteiger partial charge in [0.2, 0.25) is 0 Å². The summed E-state index contributed by atoms with van der Waals surface area (Å²) < 4.78 is 48.5. The molecule has 1 aromatic carbocycles. The van der Waals surface area contributed by atoms with Crippen LogP contribution >= 0.6 is 0 Å². The summed E-state index contributed by atoms with van der Waals surface area (Å²) in [5.41, 5.74) is -0.306. The average molecular weight is 317 g/mol. The van der Waals surface area contributed by atoms with E-state index >= 15 is 0 Å². The predicted molar refractivity (Wildman–Crippen MR) is 74.9 cm³/mol. The van der Waals surface area contributed by atoms with Gasteiger partial charge in [0.05, 0.1) is 31.4 Å². The van der Waals surface area contributed by atoms with E-state index in [0.717, 1.165) is 12.1 Å². The molecule has 0 saturated carbocycles. The first-order valence-corrected chi connectivity index (χ1v) is 6.95. The first kappa shape index (κ1) is 16.5. The number of hydrogen-bond acceptors (Lipinski definition) is 4. The zero-order chi connectivity index (χ0) is 16.3. The van der Waals surface area contributed by atoms with Gasteiger partial charge in [-0.3, -0.25) is 4.79 Å². The number of alkyl halides is 3. The third-order valence-electron chi connectivity index (χ3n) is 3.88. The minimum absolute atomic E-state index is 0.196. The molecule has 2 rings (SSSR count). The van der Waals surface area contributed by atoms with Gasteiger partial charge in [0, 0.05) is 13.1 Å². The number of piperidine rings is 1. The topological polar surface area (TPSA) is 38.8 Å². The highest BCUT2D eigenvalue weighted by Gasteiger charge is 2.33. The molecule has 0 unspecified atom stereocenters. The molecule has 1 saturated heterocycles. The predicted octanol–water partition coefficient (Wildman–Crippen LogP) is 3.10. The van der Waals surface area contributed by atoms with Gasteiger partial charge in [0.25, 0.3) is 0 Å². The number of rotatable bonds is 3. The third-order valence-corrected chi connectivity index (χ3v) is 3.88. The summed E-state index contributed by atoms with van der Waals surface area (Å²) in [4.78, 5) is 13.3. The van der Waals surface area contributed by atoms with Crippen molar-refractivity contribution in [1.82, 2.24) is 0 Å². The van der Waals surface area contributed by atoms with Gasteiger partial charge in [-0.15, -0.1) is 0 Å². The number of methoxy groups -OCH3 is 2. The monoisotopic (exact) mass is 317 g/mol. The van der Waals surface area contributed by atoms with Crippen molar-refractivity contribution in [3.63, 3.8) is 0 Å². The van der Waals surface area contributed by atoms with E-state index in [1.165, 1.54) is 20.3 Å². The molecule has 0 atom stereocenters. The van der Waals surface area contributed by atoms with Crippen LogP contribution in [0.15, 0.2) is 18.2 Å². The summed E-state index contributed by atoms with van der Waals surface area (Å²) in [6.45, 7) is 0.967. The van der Waals surface area contributed by atoms with Crippen molar-refractivity contribution in [3.8, 4) is 5.75 Å². The Morgan fingerprint density at radius 2 is 1.86 bits per heavy atom. The molecular weight excluding hydrogens is 299 g/mol. The number of nitrogens with zero attached hydrogens (tertiary/aromatic N) is 1. The van der Waals surface area contributed by atoms with Crippen molar-refractivity contribution in [1.29, 1.82) is 0 Å². The van der Waals surface area contributed by atoms with Gasteiger partial charge >= 0.3 is 12.1 Å². The Kier molecular flexibility index (Phi) is 4.83. The van der Waals surface area contributed by atoms with Crippen molar-refractivity contribution in [3.05, 3.63) is 23.8 Å². The second-order valence-corrected chi connectivity index (χ2v) is 5.17. The first-order chi connectivity index (χ1) is 10.4. The Labute approximate surface area is 126 Å². The second-order valence-electron chi connectivity index (χ2n) is 5.17. The van der Waals surface area contributed by atoms with Gasteiger partial charge in [0.15, 0.2) is 0 Å². The highest BCUT2D eigenvalue weighted by atomic mass is 19.4. The fourth-order valence-electron chi connectivity index (χ4n) is 2.64. The van der Waals surface area contributed by atoms with E-state index in [2.05, 4.69) is 0 Å². The maximum Gasteiger partial charge on any atom is 0.416 e. The van der Waals surface area contributed by atoms with Crippen molar-refractivity contribution >= 4 is 11.7 Å². The van der Waals surface area contributed by atoms with Crippen LogP contribution in [0.3, 0.4) is 0 Å². The SMILES string of the molecule is COC(=O)C1CCN(c2cc(C(F)(F)F)ccc2OC)CC1. The van der Waals surface area contributed by atoms with Crippen LogP contribution in [0, 0.1) is 5.92 Å². The summed E-state index contributed by atoms with van der Waals surface area (Å²) in [5.74, 6) is -0.0711. The number of carbonyl (C=O) groups is 1. The highest BCUT2D eigenvalue weighted by molar-refractivity contribution is 5.73. The molecule has 1 aliphatic rings. The minimum atomic E-state index is -4.40. The average Bonchev–Trinajstić information content (AvgIpc) is 2.52. The third kappa shape index (κ3) is 3.45. The number of ether oxygens (including phenoxy) is 2. The van der Waals surface area contributed by atoms with Gasteiger partial charge < -0.3 is 14.4 Å². The van der Waals surface area contributed by atoms with Crippen molar-refractivity contribution < 1.29 is 27.4 Å². The quantitative estimate of drug-likeness (QED) is 0.803. The lowest BCUT2D eigenvalue weighted by Gasteiger charge is -2.33.